The lowest BCUT2D eigenvalue weighted by Gasteiger charge is -2.10. The molecule has 2 aromatic carbocycles. The molecule has 2 aromatic heterocycles. The monoisotopic (exact) mass is 433 g/mol. The molecule has 7 heteroatoms. The summed E-state index contributed by atoms with van der Waals surface area (Å²) in [5.41, 5.74) is 4.58. The van der Waals surface area contributed by atoms with Crippen molar-refractivity contribution in [2.45, 2.75) is 27.3 Å². The number of hydrogen-bond donors (Lipinski definition) is 1. The van der Waals surface area contributed by atoms with Crippen LogP contribution in [0.5, 0.6) is 5.75 Å². The van der Waals surface area contributed by atoms with Crippen molar-refractivity contribution in [2.75, 3.05) is 12.4 Å². The number of nitrogens with one attached hydrogen (secondary N) is 1. The van der Waals surface area contributed by atoms with Gasteiger partial charge in [0.2, 0.25) is 5.91 Å². The highest BCUT2D eigenvalue weighted by molar-refractivity contribution is 7.19. The van der Waals surface area contributed by atoms with Crippen molar-refractivity contribution < 1.29 is 9.53 Å². The molecule has 0 fully saturated rings. The molecule has 0 saturated heterocycles. The van der Waals surface area contributed by atoms with Crippen LogP contribution in [0.2, 0.25) is 0 Å². The van der Waals surface area contributed by atoms with Crippen LogP contribution in [-0.2, 0) is 11.3 Å². The molecule has 0 spiro atoms. The molecule has 158 valence electrons. The molecule has 31 heavy (non-hydrogen) atoms. The second-order valence-electron chi connectivity index (χ2n) is 7.49. The normalized spacial score (nSPS) is 11.0. The zero-order chi connectivity index (χ0) is 22.1. The molecule has 0 radical (unpaired) electrons. The van der Waals surface area contributed by atoms with Crippen LogP contribution in [0.4, 0.5) is 5.69 Å². The molecule has 2 heterocycles. The van der Waals surface area contributed by atoms with E-state index in [1.807, 2.05) is 20.8 Å². The lowest BCUT2D eigenvalue weighted by molar-refractivity contribution is -0.116. The maximum absolute atomic E-state index is 13.3. The molecular weight excluding hydrogens is 410 g/mol. The molecule has 6 nitrogen and oxygen atoms in total. The van der Waals surface area contributed by atoms with Gasteiger partial charge in [0.15, 0.2) is 0 Å². The maximum Gasteiger partial charge on any atom is 0.263 e. The van der Waals surface area contributed by atoms with Crippen LogP contribution in [0, 0.1) is 20.8 Å². The van der Waals surface area contributed by atoms with Gasteiger partial charge in [-0.15, -0.1) is 11.3 Å². The topological polar surface area (TPSA) is 73.2 Å². The number of nitrogens with zero attached hydrogens (tertiary/aromatic N) is 2. The van der Waals surface area contributed by atoms with Crippen LogP contribution in [0.1, 0.15) is 16.0 Å². The van der Waals surface area contributed by atoms with Crippen molar-refractivity contribution in [3.05, 3.63) is 75.1 Å². The minimum Gasteiger partial charge on any atom is -0.497 e. The number of amides is 1. The number of thiophene rings is 1. The van der Waals surface area contributed by atoms with Crippen LogP contribution < -0.4 is 15.6 Å². The predicted molar refractivity (Wildman–Crippen MR) is 125 cm³/mol. The molecule has 4 aromatic rings. The van der Waals surface area contributed by atoms with Crippen LogP contribution in [0.3, 0.4) is 0 Å². The smallest absolute Gasteiger partial charge is 0.263 e. The standard InChI is InChI=1S/C24H23N3O3S/c1-14-5-6-15(2)19(11-14)21-16(3)31-23-22(21)24(29)27(13-25-23)12-20(28)26-17-7-9-18(30-4)10-8-17/h5-11,13H,12H2,1-4H3,(H,26,28). The first kappa shape index (κ1) is 20.8. The fourth-order valence-electron chi connectivity index (χ4n) is 3.61. The number of aromatic nitrogens is 2. The molecule has 0 aliphatic heterocycles. The van der Waals surface area contributed by atoms with Gasteiger partial charge in [0.25, 0.3) is 5.56 Å². The second kappa shape index (κ2) is 8.35. The van der Waals surface area contributed by atoms with E-state index in [2.05, 4.69) is 28.5 Å². The first-order valence-corrected chi connectivity index (χ1v) is 10.7. The third kappa shape index (κ3) is 4.09. The SMILES string of the molecule is COc1ccc(NC(=O)Cn2cnc3sc(C)c(-c4cc(C)ccc4C)c3c2=O)cc1. The van der Waals surface area contributed by atoms with Gasteiger partial charge in [0, 0.05) is 16.1 Å². The summed E-state index contributed by atoms with van der Waals surface area (Å²) in [5, 5.41) is 3.37. The summed E-state index contributed by atoms with van der Waals surface area (Å²) in [7, 11) is 1.59. The highest BCUT2D eigenvalue weighted by atomic mass is 32.1. The summed E-state index contributed by atoms with van der Waals surface area (Å²) >= 11 is 1.50. The van der Waals surface area contributed by atoms with E-state index in [0.717, 1.165) is 27.1 Å². The largest absolute Gasteiger partial charge is 0.497 e. The number of hydrogen-bond acceptors (Lipinski definition) is 5. The number of fused-ring (bicyclic) bond motifs is 1. The number of ether oxygens (including phenoxy) is 1. The van der Waals surface area contributed by atoms with Gasteiger partial charge < -0.3 is 10.1 Å². The van der Waals surface area contributed by atoms with Crippen molar-refractivity contribution >= 4 is 33.1 Å². The third-order valence-corrected chi connectivity index (χ3v) is 6.22. The van der Waals surface area contributed by atoms with Gasteiger partial charge in [-0.3, -0.25) is 14.2 Å². The number of carbonyl (C=O) groups excluding carboxylic acids is 1. The zero-order valence-corrected chi connectivity index (χ0v) is 18.7. The molecule has 4 rings (SSSR count). The molecule has 0 aliphatic rings. The van der Waals surface area contributed by atoms with Crippen molar-refractivity contribution in [3.8, 4) is 16.9 Å². The summed E-state index contributed by atoms with van der Waals surface area (Å²) < 4.78 is 6.49. The molecular formula is C24H23N3O3S. The Morgan fingerprint density at radius 2 is 1.87 bits per heavy atom. The summed E-state index contributed by atoms with van der Waals surface area (Å²) in [4.78, 5) is 32.1. The molecule has 0 saturated carbocycles. The molecule has 0 aliphatic carbocycles. The third-order valence-electron chi connectivity index (χ3n) is 5.20. The number of methoxy groups -OCH3 is 1. The fourth-order valence-corrected chi connectivity index (χ4v) is 4.60. The van der Waals surface area contributed by atoms with E-state index in [1.165, 1.54) is 22.2 Å². The van der Waals surface area contributed by atoms with Gasteiger partial charge in [-0.2, -0.15) is 0 Å². The zero-order valence-electron chi connectivity index (χ0n) is 17.9. The van der Waals surface area contributed by atoms with Crippen LogP contribution >= 0.6 is 11.3 Å². The number of aryl methyl sites for hydroxylation is 3. The van der Waals surface area contributed by atoms with Crippen molar-refractivity contribution in [1.29, 1.82) is 0 Å². The Labute approximate surface area is 184 Å². The molecule has 0 bridgehead atoms. The van der Waals surface area contributed by atoms with Gasteiger partial charge in [0.05, 0.1) is 18.8 Å². The Balaban J connectivity index is 1.70. The average molecular weight is 434 g/mol. The summed E-state index contributed by atoms with van der Waals surface area (Å²) in [5.74, 6) is 0.407. The van der Waals surface area contributed by atoms with Gasteiger partial charge in [-0.05, 0) is 56.2 Å². The van der Waals surface area contributed by atoms with E-state index in [9.17, 15) is 9.59 Å². The number of benzene rings is 2. The Morgan fingerprint density at radius 1 is 1.13 bits per heavy atom. The fraction of sp³-hybridized carbons (Fsp3) is 0.208. The molecule has 1 N–H and O–H groups in total. The first-order valence-electron chi connectivity index (χ1n) is 9.87. The van der Waals surface area contributed by atoms with E-state index >= 15 is 0 Å². The van der Waals surface area contributed by atoms with Crippen molar-refractivity contribution in [2.24, 2.45) is 0 Å². The Morgan fingerprint density at radius 3 is 2.58 bits per heavy atom. The Kier molecular flexibility index (Phi) is 5.61. The van der Waals surface area contributed by atoms with Crippen LogP contribution in [-0.4, -0.2) is 22.6 Å². The lowest BCUT2D eigenvalue weighted by atomic mass is 9.97. The minimum atomic E-state index is -0.298. The second-order valence-corrected chi connectivity index (χ2v) is 8.69. The number of carbonyl (C=O) groups is 1. The van der Waals surface area contributed by atoms with Gasteiger partial charge in [0.1, 0.15) is 17.1 Å². The van der Waals surface area contributed by atoms with E-state index in [1.54, 1.807) is 31.4 Å². The van der Waals surface area contributed by atoms with Crippen LogP contribution in [0.15, 0.2) is 53.6 Å². The van der Waals surface area contributed by atoms with E-state index in [4.69, 9.17) is 4.74 Å². The highest BCUT2D eigenvalue weighted by Gasteiger charge is 2.19. The molecule has 0 atom stereocenters. The van der Waals surface area contributed by atoms with E-state index in [-0.39, 0.29) is 18.0 Å². The van der Waals surface area contributed by atoms with Crippen molar-refractivity contribution in [1.82, 2.24) is 9.55 Å². The minimum absolute atomic E-state index is 0.116. The van der Waals surface area contributed by atoms with E-state index in [0.29, 0.717) is 21.7 Å². The average Bonchev–Trinajstić information content (AvgIpc) is 3.09. The number of rotatable bonds is 5. The summed E-state index contributed by atoms with van der Waals surface area (Å²) in [6.07, 6.45) is 1.45. The van der Waals surface area contributed by atoms with Gasteiger partial charge in [-0.25, -0.2) is 4.98 Å². The van der Waals surface area contributed by atoms with Gasteiger partial charge >= 0.3 is 0 Å². The number of anilines is 1. The van der Waals surface area contributed by atoms with E-state index < -0.39 is 0 Å². The Bertz CT molecular complexity index is 1340. The Hall–Kier alpha value is -3.45. The molecule has 0 unspecified atom stereocenters. The molecule has 1 amide bonds. The lowest BCUT2D eigenvalue weighted by Crippen LogP contribution is -2.27. The maximum atomic E-state index is 13.3. The van der Waals surface area contributed by atoms with Gasteiger partial charge in [-0.1, -0.05) is 23.8 Å². The summed E-state index contributed by atoms with van der Waals surface area (Å²) in [6.45, 7) is 5.96. The summed E-state index contributed by atoms with van der Waals surface area (Å²) in [6, 6.07) is 13.2. The van der Waals surface area contributed by atoms with Crippen LogP contribution in [0.25, 0.3) is 21.3 Å². The van der Waals surface area contributed by atoms with Crippen molar-refractivity contribution in [3.63, 3.8) is 0 Å². The highest BCUT2D eigenvalue weighted by Crippen LogP contribution is 2.37. The first-order chi connectivity index (χ1) is 14.9. The predicted octanol–water partition coefficient (Wildman–Crippen LogP) is 4.70. The quantitative estimate of drug-likeness (QED) is 0.495.